The number of nitrogens with zero attached hydrogens (tertiary/aromatic N) is 3. The van der Waals surface area contributed by atoms with Crippen molar-refractivity contribution in [1.82, 2.24) is 31.4 Å². The average molecular weight is 522 g/mol. The zero-order valence-electron chi connectivity index (χ0n) is 21.7. The number of anilines is 1. The number of carbonyl (C=O) groups excluding carboxylic acids is 2. The minimum atomic E-state index is -0.577. The molecule has 3 aliphatic rings. The zero-order valence-corrected chi connectivity index (χ0v) is 21.7. The number of hydrazine groups is 2. The number of piperazine rings is 1. The van der Waals surface area contributed by atoms with Crippen LogP contribution in [-0.4, -0.2) is 73.5 Å². The van der Waals surface area contributed by atoms with Gasteiger partial charge in [0.2, 0.25) is 5.91 Å². The molecule has 3 atom stereocenters. The first-order chi connectivity index (χ1) is 18.5. The van der Waals surface area contributed by atoms with Crippen LogP contribution < -0.4 is 26.6 Å². The smallest absolute Gasteiger partial charge is 0.251 e. The van der Waals surface area contributed by atoms with Crippen molar-refractivity contribution in [3.63, 3.8) is 0 Å². The summed E-state index contributed by atoms with van der Waals surface area (Å²) in [5.74, 6) is -0.0798. The lowest BCUT2D eigenvalue weighted by Crippen LogP contribution is -2.54. The lowest BCUT2D eigenvalue weighted by atomic mass is 10.1. The van der Waals surface area contributed by atoms with Gasteiger partial charge >= 0.3 is 0 Å². The molecule has 202 valence electrons. The minimum Gasteiger partial charge on any atom is -0.340 e. The van der Waals surface area contributed by atoms with Crippen LogP contribution in [0.3, 0.4) is 0 Å². The van der Waals surface area contributed by atoms with Gasteiger partial charge in [-0.2, -0.15) is 0 Å². The van der Waals surface area contributed by atoms with Crippen molar-refractivity contribution < 1.29 is 14.0 Å². The molecule has 1 saturated heterocycles. The number of amides is 2. The third-order valence-electron chi connectivity index (χ3n) is 7.48. The number of carbonyl (C=O) groups is 2. The van der Waals surface area contributed by atoms with Crippen LogP contribution in [0, 0.1) is 5.82 Å². The fourth-order valence-corrected chi connectivity index (χ4v) is 5.02. The summed E-state index contributed by atoms with van der Waals surface area (Å²) in [6.45, 7) is 3.75. The van der Waals surface area contributed by atoms with Gasteiger partial charge in [-0.1, -0.05) is 12.1 Å². The minimum absolute atomic E-state index is 0.0174. The third kappa shape index (κ3) is 6.50. The Labute approximate surface area is 223 Å². The van der Waals surface area contributed by atoms with Crippen molar-refractivity contribution in [2.75, 3.05) is 44.8 Å². The van der Waals surface area contributed by atoms with E-state index in [0.29, 0.717) is 37.0 Å². The van der Waals surface area contributed by atoms with E-state index in [1.807, 2.05) is 35.4 Å². The van der Waals surface area contributed by atoms with Gasteiger partial charge in [0.1, 0.15) is 11.9 Å². The zero-order chi connectivity index (χ0) is 26.5. The van der Waals surface area contributed by atoms with Gasteiger partial charge in [-0.05, 0) is 74.8 Å². The van der Waals surface area contributed by atoms with Crippen molar-refractivity contribution in [3.05, 3.63) is 77.9 Å². The number of benzene rings is 2. The summed E-state index contributed by atoms with van der Waals surface area (Å²) < 4.78 is 13.2. The van der Waals surface area contributed by atoms with Gasteiger partial charge in [-0.15, -0.1) is 5.53 Å². The molecule has 2 heterocycles. The molecule has 0 unspecified atom stereocenters. The molecular formula is C28H36FN7O2. The van der Waals surface area contributed by atoms with Crippen LogP contribution in [0.2, 0.25) is 0 Å². The number of hydrogen-bond acceptors (Lipinski definition) is 7. The summed E-state index contributed by atoms with van der Waals surface area (Å²) in [5.41, 5.74) is 8.39. The maximum atomic E-state index is 13.4. The van der Waals surface area contributed by atoms with Gasteiger partial charge < -0.3 is 25.9 Å². The topological polar surface area (TPSA) is 92.0 Å². The number of likely N-dealkylation sites (N-methyl/N-ethyl adjacent to an activating group) is 1. The summed E-state index contributed by atoms with van der Waals surface area (Å²) in [4.78, 5) is 30.6. The molecule has 2 aromatic carbocycles. The van der Waals surface area contributed by atoms with E-state index in [0.717, 1.165) is 43.7 Å². The van der Waals surface area contributed by atoms with Crippen LogP contribution in [0.1, 0.15) is 41.1 Å². The predicted octanol–water partition coefficient (Wildman–Crippen LogP) is 1.92. The van der Waals surface area contributed by atoms with E-state index in [1.54, 1.807) is 23.3 Å². The quantitative estimate of drug-likeness (QED) is 0.355. The van der Waals surface area contributed by atoms with E-state index in [2.05, 4.69) is 33.5 Å². The molecular weight excluding hydrogens is 485 g/mol. The first-order valence-electron chi connectivity index (χ1n) is 13.3. The van der Waals surface area contributed by atoms with Gasteiger partial charge in [0.25, 0.3) is 5.91 Å². The molecule has 2 aliphatic heterocycles. The van der Waals surface area contributed by atoms with Gasteiger partial charge in [-0.25, -0.2) is 4.39 Å². The van der Waals surface area contributed by atoms with E-state index in [-0.39, 0.29) is 17.6 Å². The summed E-state index contributed by atoms with van der Waals surface area (Å²) in [6, 6.07) is 13.7. The van der Waals surface area contributed by atoms with E-state index in [4.69, 9.17) is 0 Å². The highest BCUT2D eigenvalue weighted by atomic mass is 19.1. The maximum absolute atomic E-state index is 13.4. The Bertz CT molecular complexity index is 1130. The van der Waals surface area contributed by atoms with Crippen molar-refractivity contribution in [3.8, 4) is 0 Å². The van der Waals surface area contributed by atoms with Crippen molar-refractivity contribution >= 4 is 17.5 Å². The molecule has 2 fully saturated rings. The van der Waals surface area contributed by atoms with Gasteiger partial charge in [0, 0.05) is 56.1 Å². The lowest BCUT2D eigenvalue weighted by Gasteiger charge is -2.34. The highest BCUT2D eigenvalue weighted by molar-refractivity contribution is 5.97. The van der Waals surface area contributed by atoms with Gasteiger partial charge in [0.15, 0.2) is 0 Å². The Hall–Kier alpha value is -3.47. The molecule has 1 saturated carbocycles. The van der Waals surface area contributed by atoms with Crippen LogP contribution in [0.25, 0.3) is 0 Å². The van der Waals surface area contributed by atoms with Crippen LogP contribution in [0.15, 0.2) is 60.9 Å². The fourth-order valence-electron chi connectivity index (χ4n) is 5.02. The van der Waals surface area contributed by atoms with Crippen molar-refractivity contribution in [2.24, 2.45) is 0 Å². The van der Waals surface area contributed by atoms with Crippen LogP contribution >= 0.6 is 0 Å². The Kier molecular flexibility index (Phi) is 8.21. The molecule has 38 heavy (non-hydrogen) atoms. The second-order valence-corrected chi connectivity index (χ2v) is 10.2. The van der Waals surface area contributed by atoms with E-state index < -0.39 is 6.04 Å². The molecule has 0 bridgehead atoms. The predicted molar refractivity (Wildman–Crippen MR) is 144 cm³/mol. The Morgan fingerprint density at radius 1 is 1.05 bits per heavy atom. The Morgan fingerprint density at radius 2 is 1.79 bits per heavy atom. The SMILES string of the molecule is CN1CCN(C(=O)[C@H](CCCN[C@@H]2C[C@H]2c2ccc(F)cc2)NC(=O)c2ccc(N3C=CNN3)cc2)CC1. The van der Waals surface area contributed by atoms with E-state index >= 15 is 0 Å². The third-order valence-corrected chi connectivity index (χ3v) is 7.48. The van der Waals surface area contributed by atoms with Crippen LogP contribution in [0.4, 0.5) is 10.1 Å². The Balaban J connectivity index is 1.15. The summed E-state index contributed by atoms with van der Waals surface area (Å²) >= 11 is 0. The first-order valence-corrected chi connectivity index (χ1v) is 13.3. The number of nitrogens with one attached hydrogen (secondary N) is 4. The molecule has 0 aromatic heterocycles. The van der Waals surface area contributed by atoms with Crippen LogP contribution in [-0.2, 0) is 4.79 Å². The molecule has 0 spiro atoms. The second-order valence-electron chi connectivity index (χ2n) is 10.2. The molecule has 10 heteroatoms. The highest BCUT2D eigenvalue weighted by Gasteiger charge is 2.37. The number of hydrogen-bond donors (Lipinski definition) is 4. The van der Waals surface area contributed by atoms with Gasteiger partial charge in [0.05, 0.1) is 5.69 Å². The summed E-state index contributed by atoms with van der Waals surface area (Å²) in [6.07, 6.45) is 5.97. The molecule has 1 aliphatic carbocycles. The Morgan fingerprint density at radius 3 is 2.47 bits per heavy atom. The summed E-state index contributed by atoms with van der Waals surface area (Å²) in [5, 5.41) is 8.37. The monoisotopic (exact) mass is 521 g/mol. The average Bonchev–Trinajstić information content (AvgIpc) is 3.49. The molecule has 2 aromatic rings. The van der Waals surface area contributed by atoms with E-state index in [9.17, 15) is 14.0 Å². The lowest BCUT2D eigenvalue weighted by molar-refractivity contribution is -0.135. The highest BCUT2D eigenvalue weighted by Crippen LogP contribution is 2.40. The largest absolute Gasteiger partial charge is 0.340 e. The number of halogens is 1. The van der Waals surface area contributed by atoms with Crippen molar-refractivity contribution in [2.45, 2.75) is 37.3 Å². The first kappa shape index (κ1) is 26.1. The molecule has 0 radical (unpaired) electrons. The van der Waals surface area contributed by atoms with E-state index in [1.165, 1.54) is 12.1 Å². The van der Waals surface area contributed by atoms with Crippen LogP contribution in [0.5, 0.6) is 0 Å². The van der Waals surface area contributed by atoms with Gasteiger partial charge in [-0.3, -0.25) is 14.6 Å². The normalized spacial score (nSPS) is 21.7. The number of rotatable bonds is 10. The molecule has 2 amide bonds. The summed E-state index contributed by atoms with van der Waals surface area (Å²) in [7, 11) is 2.05. The maximum Gasteiger partial charge on any atom is 0.251 e. The molecule has 4 N–H and O–H groups in total. The second kappa shape index (κ2) is 11.9. The molecule has 9 nitrogen and oxygen atoms in total. The van der Waals surface area contributed by atoms with Crippen molar-refractivity contribution in [1.29, 1.82) is 0 Å². The fraction of sp³-hybridized carbons (Fsp3) is 0.429. The standard InChI is InChI=1S/C28H36FN7O2/c1-34-15-17-35(18-16-34)28(38)25(3-2-12-30-26-19-24(26)20-4-8-22(29)9-5-20)32-27(37)21-6-10-23(11-7-21)36-14-13-31-33-36/h4-11,13-14,24-26,30-31,33H,2-3,12,15-19H2,1H3,(H,32,37)/t24-,25-,26+/m0/s1. The molecule has 5 rings (SSSR count).